The third kappa shape index (κ3) is 3.60. The zero-order chi connectivity index (χ0) is 9.68. The molecule has 1 fully saturated rings. The normalized spacial score (nSPS) is 25.5. The maximum Gasteiger partial charge on any atom is 0.164 e. The van der Waals surface area contributed by atoms with E-state index in [0.717, 1.165) is 13.0 Å². The molecule has 0 spiro atoms. The average molecular weight is 207 g/mol. The van der Waals surface area contributed by atoms with E-state index in [1.807, 2.05) is 0 Å². The molecule has 76 valence electrons. The van der Waals surface area contributed by atoms with Gasteiger partial charge in [0.1, 0.15) is 0 Å². The van der Waals surface area contributed by atoms with Gasteiger partial charge in [0.2, 0.25) is 0 Å². The van der Waals surface area contributed by atoms with Gasteiger partial charge in [0.05, 0.1) is 18.5 Å². The molecular weight excluding hydrogens is 192 g/mol. The van der Waals surface area contributed by atoms with E-state index in [1.165, 1.54) is 0 Å². The third-order valence-electron chi connectivity index (χ3n) is 2.21. The van der Waals surface area contributed by atoms with Gasteiger partial charge in [0.25, 0.3) is 0 Å². The predicted molar refractivity (Wildman–Crippen MR) is 50.4 cm³/mol. The Morgan fingerprint density at radius 1 is 1.77 bits per heavy atom. The van der Waals surface area contributed by atoms with E-state index >= 15 is 0 Å². The third-order valence-corrected chi connectivity index (χ3v) is 2.47. The zero-order valence-corrected chi connectivity index (χ0v) is 8.22. The highest BCUT2D eigenvalue weighted by Gasteiger charge is 2.20. The van der Waals surface area contributed by atoms with Crippen LogP contribution in [0.3, 0.4) is 0 Å². The summed E-state index contributed by atoms with van der Waals surface area (Å²) in [6.45, 7) is 1.45. The molecule has 0 aromatic carbocycles. The maximum absolute atomic E-state index is 11.1. The molecule has 2 unspecified atom stereocenters. The lowest BCUT2D eigenvalue weighted by Gasteiger charge is -2.24. The number of nitrogens with two attached hydrogens (primary N) is 1. The summed E-state index contributed by atoms with van der Waals surface area (Å²) in [6, 6.07) is -0.427. The highest BCUT2D eigenvalue weighted by atomic mass is 35.5. The molecule has 1 aliphatic heterocycles. The summed E-state index contributed by atoms with van der Waals surface area (Å²) in [6.07, 6.45) is 1.68. The number of ketones is 1. The van der Waals surface area contributed by atoms with Crippen LogP contribution in [-0.4, -0.2) is 30.9 Å². The molecule has 3 N–H and O–H groups in total. The number of rotatable bonds is 4. The number of hydroxylamine groups is 1. The van der Waals surface area contributed by atoms with Crippen LogP contribution in [0.5, 0.6) is 0 Å². The second-order valence-corrected chi connectivity index (χ2v) is 3.57. The lowest BCUT2D eigenvalue weighted by Crippen LogP contribution is -2.38. The molecule has 1 saturated heterocycles. The molecule has 4 nitrogen and oxygen atoms in total. The number of nitrogens with one attached hydrogen (secondary N) is 1. The number of hydrogen-bond donors (Lipinski definition) is 2. The van der Waals surface area contributed by atoms with Crippen LogP contribution in [0.1, 0.15) is 12.8 Å². The Bertz CT molecular complexity index is 172. The second-order valence-electron chi connectivity index (χ2n) is 3.30. The quantitative estimate of drug-likeness (QED) is 0.639. The van der Waals surface area contributed by atoms with Gasteiger partial charge in [0.15, 0.2) is 5.78 Å². The summed E-state index contributed by atoms with van der Waals surface area (Å²) >= 11 is 5.39. The van der Waals surface area contributed by atoms with Crippen molar-refractivity contribution in [2.24, 2.45) is 11.7 Å². The SMILES string of the molecule is NC(CC1CCNOC1)C(=O)CCl. The van der Waals surface area contributed by atoms with E-state index in [1.54, 1.807) is 0 Å². The van der Waals surface area contributed by atoms with Crippen LogP contribution in [0.4, 0.5) is 0 Å². The van der Waals surface area contributed by atoms with Gasteiger partial charge in [-0.25, -0.2) is 5.48 Å². The molecule has 0 radical (unpaired) electrons. The lowest BCUT2D eigenvalue weighted by atomic mass is 9.95. The van der Waals surface area contributed by atoms with E-state index in [2.05, 4.69) is 5.48 Å². The molecule has 0 amide bonds. The first-order valence-electron chi connectivity index (χ1n) is 4.43. The van der Waals surface area contributed by atoms with Gasteiger partial charge in [-0.05, 0) is 18.8 Å². The van der Waals surface area contributed by atoms with E-state index < -0.39 is 6.04 Å². The molecule has 5 heteroatoms. The summed E-state index contributed by atoms with van der Waals surface area (Å²) in [5, 5.41) is 0. The van der Waals surface area contributed by atoms with E-state index in [9.17, 15) is 4.79 Å². The molecule has 0 bridgehead atoms. The van der Waals surface area contributed by atoms with Gasteiger partial charge >= 0.3 is 0 Å². The van der Waals surface area contributed by atoms with Crippen LogP contribution in [0.15, 0.2) is 0 Å². The Morgan fingerprint density at radius 2 is 2.54 bits per heavy atom. The molecule has 1 rings (SSSR count). The maximum atomic E-state index is 11.1. The van der Waals surface area contributed by atoms with Crippen molar-refractivity contribution in [1.82, 2.24) is 5.48 Å². The van der Waals surface area contributed by atoms with Gasteiger partial charge in [0, 0.05) is 6.54 Å². The Morgan fingerprint density at radius 3 is 3.08 bits per heavy atom. The van der Waals surface area contributed by atoms with Gasteiger partial charge in [-0.2, -0.15) is 0 Å². The Kier molecular flexibility index (Phi) is 4.66. The fourth-order valence-electron chi connectivity index (χ4n) is 1.37. The molecule has 13 heavy (non-hydrogen) atoms. The number of carbonyl (C=O) groups is 1. The van der Waals surface area contributed by atoms with Crippen LogP contribution in [0.25, 0.3) is 0 Å². The predicted octanol–water partition coefficient (Wildman–Crippen LogP) is 0.0528. The second kappa shape index (κ2) is 5.54. The number of hydrogen-bond acceptors (Lipinski definition) is 4. The first-order chi connectivity index (χ1) is 6.24. The van der Waals surface area contributed by atoms with Crippen LogP contribution >= 0.6 is 11.6 Å². The summed E-state index contributed by atoms with van der Waals surface area (Å²) in [5.74, 6) is 0.302. The van der Waals surface area contributed by atoms with Crippen LogP contribution < -0.4 is 11.2 Å². The van der Waals surface area contributed by atoms with Crippen molar-refractivity contribution >= 4 is 17.4 Å². The molecule has 0 aromatic rings. The minimum Gasteiger partial charge on any atom is -0.321 e. The van der Waals surface area contributed by atoms with Gasteiger partial charge in [-0.15, -0.1) is 11.6 Å². The van der Waals surface area contributed by atoms with Crippen molar-refractivity contribution in [2.45, 2.75) is 18.9 Å². The van der Waals surface area contributed by atoms with Gasteiger partial charge in [-0.3, -0.25) is 4.79 Å². The molecule has 0 aliphatic carbocycles. The molecule has 1 heterocycles. The number of carbonyl (C=O) groups excluding carboxylic acids is 1. The zero-order valence-electron chi connectivity index (χ0n) is 7.46. The molecule has 2 atom stereocenters. The fraction of sp³-hybridized carbons (Fsp3) is 0.875. The Balaban J connectivity index is 2.25. The fourth-order valence-corrected chi connectivity index (χ4v) is 1.57. The van der Waals surface area contributed by atoms with Crippen molar-refractivity contribution in [3.63, 3.8) is 0 Å². The summed E-state index contributed by atoms with van der Waals surface area (Å²) in [4.78, 5) is 16.1. The number of halogens is 1. The van der Waals surface area contributed by atoms with Crippen molar-refractivity contribution in [3.05, 3.63) is 0 Å². The first kappa shape index (κ1) is 10.9. The highest BCUT2D eigenvalue weighted by Crippen LogP contribution is 2.13. The average Bonchev–Trinajstić information content (AvgIpc) is 2.18. The van der Waals surface area contributed by atoms with Crippen molar-refractivity contribution < 1.29 is 9.63 Å². The molecular formula is C8H15ClN2O2. The largest absolute Gasteiger partial charge is 0.321 e. The summed E-state index contributed by atoms with van der Waals surface area (Å²) in [5.41, 5.74) is 8.43. The molecule has 0 saturated carbocycles. The number of alkyl halides is 1. The van der Waals surface area contributed by atoms with Gasteiger partial charge < -0.3 is 10.6 Å². The van der Waals surface area contributed by atoms with Crippen LogP contribution in [0, 0.1) is 5.92 Å². The van der Waals surface area contributed by atoms with Crippen LogP contribution in [0.2, 0.25) is 0 Å². The van der Waals surface area contributed by atoms with Crippen molar-refractivity contribution in [3.8, 4) is 0 Å². The van der Waals surface area contributed by atoms with E-state index in [4.69, 9.17) is 22.2 Å². The van der Waals surface area contributed by atoms with Crippen LogP contribution in [-0.2, 0) is 9.63 Å². The topological polar surface area (TPSA) is 64.3 Å². The van der Waals surface area contributed by atoms with E-state index in [-0.39, 0.29) is 11.7 Å². The monoisotopic (exact) mass is 206 g/mol. The Labute approximate surface area is 82.7 Å². The minimum atomic E-state index is -0.427. The molecule has 0 aromatic heterocycles. The standard InChI is InChI=1S/C8H15ClN2O2/c9-4-8(12)7(10)3-6-1-2-11-13-5-6/h6-7,11H,1-5,10H2. The van der Waals surface area contributed by atoms with E-state index in [0.29, 0.717) is 18.9 Å². The smallest absolute Gasteiger partial charge is 0.164 e. The van der Waals surface area contributed by atoms with Gasteiger partial charge in [-0.1, -0.05) is 0 Å². The highest BCUT2D eigenvalue weighted by molar-refractivity contribution is 6.28. The Hall–Kier alpha value is -0.160. The molecule has 1 aliphatic rings. The summed E-state index contributed by atoms with van der Waals surface area (Å²) in [7, 11) is 0. The lowest BCUT2D eigenvalue weighted by molar-refractivity contribution is -0.118. The first-order valence-corrected chi connectivity index (χ1v) is 4.96. The minimum absolute atomic E-state index is 0.00694. The van der Waals surface area contributed by atoms with Crippen molar-refractivity contribution in [1.29, 1.82) is 0 Å². The summed E-state index contributed by atoms with van der Waals surface area (Å²) < 4.78 is 0. The van der Waals surface area contributed by atoms with Crippen molar-refractivity contribution in [2.75, 3.05) is 19.0 Å². The number of Topliss-reactive ketones (excluding diaryl/α,β-unsaturated/α-hetero) is 1.